The van der Waals surface area contributed by atoms with E-state index in [-0.39, 0.29) is 42.4 Å². The van der Waals surface area contributed by atoms with Crippen molar-refractivity contribution in [2.75, 3.05) is 26.2 Å². The number of rotatable bonds is 15. The molecule has 13 heteroatoms. The van der Waals surface area contributed by atoms with Crippen LogP contribution in [0.3, 0.4) is 0 Å². The molecule has 2 amide bonds. The zero-order valence-electron chi connectivity index (χ0n) is 35.5. The lowest BCUT2D eigenvalue weighted by atomic mass is 9.85. The van der Waals surface area contributed by atoms with E-state index in [1.807, 2.05) is 30.3 Å². The summed E-state index contributed by atoms with van der Waals surface area (Å²) < 4.78 is 5.95. The Kier molecular flexibility index (Phi) is 12.6. The maximum Gasteiger partial charge on any atom is 0.347 e. The van der Waals surface area contributed by atoms with Crippen LogP contribution in [0.1, 0.15) is 72.4 Å². The molecule has 1 saturated heterocycles. The topological polar surface area (TPSA) is 172 Å². The fourth-order valence-corrected chi connectivity index (χ4v) is 9.80. The number of piperidine rings is 1. The van der Waals surface area contributed by atoms with Gasteiger partial charge in [0, 0.05) is 46.4 Å². The third-order valence-electron chi connectivity index (χ3n) is 12.4. The number of amides is 2. The standard InChI is InChI=1S/C52H48N4O8S/c57-44-19-17-40(41-18-21-47(59)54-48(41)44)45(58)29-53-28-35-14-16-42-43(26-35)50(61)56(49(42)60)31-39-15-20-46(65-39)36-10-7-13-38(27-36)52(63,37-11-5-2-6-12-37)51(62)64-32-34-22-24-55(25-23-34)30-33-8-3-1-4-9-33/h1-21,26-27,34,45,53,57-58,63H,22-25,28-32H2,(H,54,59)/t45-,52-/m0/s1. The Hall–Kier alpha value is -6.74. The molecule has 4 heterocycles. The molecule has 2 aliphatic rings. The number of hydrogen-bond donors (Lipinski definition) is 5. The highest BCUT2D eigenvalue weighted by atomic mass is 32.1. The number of nitrogens with zero attached hydrogens (tertiary/aromatic N) is 2. The van der Waals surface area contributed by atoms with Gasteiger partial charge in [-0.05, 0) is 102 Å². The highest BCUT2D eigenvalue weighted by Crippen LogP contribution is 2.37. The molecule has 330 valence electrons. The number of hydrogen-bond acceptors (Lipinski definition) is 11. The minimum atomic E-state index is -2.07. The summed E-state index contributed by atoms with van der Waals surface area (Å²) in [6, 6.07) is 41.2. The molecule has 9 rings (SSSR count). The predicted molar refractivity (Wildman–Crippen MR) is 248 cm³/mol. The van der Waals surface area contributed by atoms with Gasteiger partial charge in [-0.15, -0.1) is 11.3 Å². The molecule has 5 aromatic carbocycles. The van der Waals surface area contributed by atoms with Crippen LogP contribution in [-0.2, 0) is 34.8 Å². The van der Waals surface area contributed by atoms with Crippen LogP contribution in [0.25, 0.3) is 21.3 Å². The number of aromatic hydroxyl groups is 1. The highest BCUT2D eigenvalue weighted by molar-refractivity contribution is 7.15. The molecule has 0 radical (unpaired) electrons. The van der Waals surface area contributed by atoms with Gasteiger partial charge in [0.25, 0.3) is 11.8 Å². The first kappa shape index (κ1) is 43.5. The smallest absolute Gasteiger partial charge is 0.347 e. The molecule has 2 atom stereocenters. The predicted octanol–water partition coefficient (Wildman–Crippen LogP) is 7.27. The van der Waals surface area contributed by atoms with Gasteiger partial charge < -0.3 is 30.4 Å². The monoisotopic (exact) mass is 888 g/mol. The normalized spacial score (nSPS) is 15.8. The molecule has 0 bridgehead atoms. The SMILES string of the molecule is O=C1c2ccc(CNC[C@H](O)c3ccc(O)c4[nH]c(=O)ccc34)cc2C(=O)N1Cc1ccc(-c2cccc([C@](O)(C(=O)OCC3CCN(Cc4ccccc4)CC3)c3ccccc3)c2)s1. The van der Waals surface area contributed by atoms with Crippen molar-refractivity contribution in [2.45, 2.75) is 44.2 Å². The average Bonchev–Trinajstić information content (AvgIpc) is 3.90. The van der Waals surface area contributed by atoms with Gasteiger partial charge in [-0.3, -0.25) is 24.2 Å². The van der Waals surface area contributed by atoms with Crippen molar-refractivity contribution in [1.82, 2.24) is 20.1 Å². The zero-order valence-corrected chi connectivity index (χ0v) is 36.3. The van der Waals surface area contributed by atoms with Gasteiger partial charge in [0.05, 0.1) is 35.9 Å². The Balaban J connectivity index is 0.838. The number of ether oxygens (including phenoxy) is 1. The first-order chi connectivity index (χ1) is 31.5. The Morgan fingerprint density at radius 1 is 0.785 bits per heavy atom. The summed E-state index contributed by atoms with van der Waals surface area (Å²) in [7, 11) is 0. The van der Waals surface area contributed by atoms with Crippen LogP contribution in [0.2, 0.25) is 0 Å². The first-order valence-electron chi connectivity index (χ1n) is 21.7. The minimum Gasteiger partial charge on any atom is -0.506 e. The zero-order chi connectivity index (χ0) is 45.1. The van der Waals surface area contributed by atoms with Crippen LogP contribution in [0.15, 0.2) is 144 Å². The number of benzene rings is 5. The van der Waals surface area contributed by atoms with Gasteiger partial charge in [-0.25, -0.2) is 4.79 Å². The number of pyridine rings is 1. The summed E-state index contributed by atoms with van der Waals surface area (Å²) in [5, 5.41) is 37.3. The summed E-state index contributed by atoms with van der Waals surface area (Å²) in [5.74, 6) is -1.44. The molecule has 0 spiro atoms. The quantitative estimate of drug-likeness (QED) is 0.0521. The van der Waals surface area contributed by atoms with Crippen molar-refractivity contribution in [3.05, 3.63) is 194 Å². The molecule has 0 saturated carbocycles. The first-order valence-corrected chi connectivity index (χ1v) is 22.5. The Morgan fingerprint density at radius 3 is 2.31 bits per heavy atom. The van der Waals surface area contributed by atoms with E-state index in [1.54, 1.807) is 72.8 Å². The molecule has 2 aromatic heterocycles. The number of aromatic amines is 1. The second kappa shape index (κ2) is 18.8. The maximum atomic E-state index is 14.0. The van der Waals surface area contributed by atoms with Crippen LogP contribution < -0.4 is 10.9 Å². The van der Waals surface area contributed by atoms with E-state index < -0.39 is 29.5 Å². The summed E-state index contributed by atoms with van der Waals surface area (Å²) in [6.07, 6.45) is 0.815. The van der Waals surface area contributed by atoms with E-state index in [0.717, 1.165) is 53.4 Å². The van der Waals surface area contributed by atoms with Crippen molar-refractivity contribution in [2.24, 2.45) is 5.92 Å². The molecular formula is C52H48N4O8S. The number of H-pyrrole nitrogens is 1. The second-order valence-electron chi connectivity index (χ2n) is 16.7. The fourth-order valence-electron chi connectivity index (χ4n) is 8.81. The summed E-state index contributed by atoms with van der Waals surface area (Å²) >= 11 is 1.41. The van der Waals surface area contributed by atoms with Gasteiger partial charge in [0.15, 0.2) is 0 Å². The molecule has 65 heavy (non-hydrogen) atoms. The summed E-state index contributed by atoms with van der Waals surface area (Å²) in [4.78, 5) is 60.9. The fraction of sp³-hybridized carbons (Fsp3) is 0.231. The Bertz CT molecular complexity index is 2930. The van der Waals surface area contributed by atoms with Gasteiger partial charge in [-0.1, -0.05) is 91.0 Å². The number of thiophene rings is 1. The Morgan fingerprint density at radius 2 is 1.52 bits per heavy atom. The van der Waals surface area contributed by atoms with E-state index in [4.69, 9.17) is 4.74 Å². The number of esters is 1. The lowest BCUT2D eigenvalue weighted by Gasteiger charge is -2.33. The summed E-state index contributed by atoms with van der Waals surface area (Å²) in [5.41, 5.74) is 2.50. The number of phenolic OH excluding ortho intramolecular Hbond substituents is 1. The summed E-state index contributed by atoms with van der Waals surface area (Å²) in [6.45, 7) is 3.41. The maximum absolute atomic E-state index is 14.0. The molecule has 5 N–H and O–H groups in total. The van der Waals surface area contributed by atoms with Crippen LogP contribution in [0.4, 0.5) is 0 Å². The van der Waals surface area contributed by atoms with Crippen molar-refractivity contribution in [3.63, 3.8) is 0 Å². The second-order valence-corrected chi connectivity index (χ2v) is 17.9. The van der Waals surface area contributed by atoms with Gasteiger partial charge in [-0.2, -0.15) is 0 Å². The number of likely N-dealkylation sites (tertiary alicyclic amines) is 1. The minimum absolute atomic E-state index is 0.0633. The van der Waals surface area contributed by atoms with Crippen molar-refractivity contribution >= 4 is 40.0 Å². The number of nitrogens with one attached hydrogen (secondary N) is 2. The van der Waals surface area contributed by atoms with E-state index in [1.165, 1.54) is 33.9 Å². The number of aromatic nitrogens is 1. The number of imide groups is 1. The van der Waals surface area contributed by atoms with Gasteiger partial charge in [0.2, 0.25) is 11.2 Å². The van der Waals surface area contributed by atoms with Crippen molar-refractivity contribution in [3.8, 4) is 16.2 Å². The number of fused-ring (bicyclic) bond motifs is 2. The van der Waals surface area contributed by atoms with Crippen LogP contribution in [0.5, 0.6) is 5.75 Å². The number of aliphatic hydroxyl groups is 2. The molecule has 2 aliphatic heterocycles. The molecule has 7 aromatic rings. The average molecular weight is 889 g/mol. The van der Waals surface area contributed by atoms with Crippen molar-refractivity contribution in [1.29, 1.82) is 0 Å². The van der Waals surface area contributed by atoms with Crippen molar-refractivity contribution < 1.29 is 34.4 Å². The van der Waals surface area contributed by atoms with E-state index in [9.17, 15) is 34.5 Å². The van der Waals surface area contributed by atoms with E-state index >= 15 is 0 Å². The lowest BCUT2D eigenvalue weighted by Crippen LogP contribution is -2.40. The number of aliphatic hydroxyl groups excluding tert-OH is 1. The molecule has 1 fully saturated rings. The van der Waals surface area contributed by atoms with Crippen LogP contribution >= 0.6 is 11.3 Å². The molecule has 0 unspecified atom stereocenters. The number of carbonyl (C=O) groups excluding carboxylic acids is 3. The van der Waals surface area contributed by atoms with Crippen LogP contribution in [-0.4, -0.2) is 74.1 Å². The Labute approximate surface area is 379 Å². The highest BCUT2D eigenvalue weighted by Gasteiger charge is 2.42. The third kappa shape index (κ3) is 9.15. The van der Waals surface area contributed by atoms with E-state index in [0.29, 0.717) is 39.7 Å². The lowest BCUT2D eigenvalue weighted by molar-refractivity contribution is -0.164. The van der Waals surface area contributed by atoms with E-state index in [2.05, 4.69) is 39.5 Å². The van der Waals surface area contributed by atoms with Crippen LogP contribution in [0, 0.1) is 5.92 Å². The van der Waals surface area contributed by atoms with Gasteiger partial charge in [0.1, 0.15) is 5.75 Å². The van der Waals surface area contributed by atoms with Gasteiger partial charge >= 0.3 is 5.97 Å². The molecule has 0 aliphatic carbocycles. The molecular weight excluding hydrogens is 841 g/mol. The molecule has 12 nitrogen and oxygen atoms in total. The number of phenols is 1. The number of carbonyl (C=O) groups is 3. The largest absolute Gasteiger partial charge is 0.506 e. The third-order valence-corrected chi connectivity index (χ3v) is 13.5.